The number of amides is 1. The Hall–Kier alpha value is -1.46. The van der Waals surface area contributed by atoms with Crippen LogP contribution in [0.3, 0.4) is 0 Å². The zero-order chi connectivity index (χ0) is 15.9. The molecule has 1 aromatic carbocycles. The second-order valence-electron chi connectivity index (χ2n) is 5.30. The molecular weight excluding hydrogens is 304 g/mol. The topological polar surface area (TPSA) is 59.6 Å². The molecule has 1 saturated heterocycles. The second-order valence-corrected chi connectivity index (χ2v) is 5.71. The molecule has 1 aromatic rings. The zero-order valence-corrected chi connectivity index (χ0v) is 13.8. The van der Waals surface area contributed by atoms with Crippen molar-refractivity contribution < 1.29 is 14.3 Å². The van der Waals surface area contributed by atoms with E-state index >= 15 is 0 Å². The van der Waals surface area contributed by atoms with Crippen LogP contribution in [-0.2, 0) is 0 Å². The maximum atomic E-state index is 12.2. The van der Waals surface area contributed by atoms with E-state index in [4.69, 9.17) is 21.1 Å². The van der Waals surface area contributed by atoms with E-state index in [1.807, 2.05) is 13.8 Å². The molecule has 1 amide bonds. The normalized spacial score (nSPS) is 14.3. The van der Waals surface area contributed by atoms with Crippen molar-refractivity contribution in [2.45, 2.75) is 20.3 Å². The number of carbonyl (C=O) groups is 1. The first-order valence-corrected chi connectivity index (χ1v) is 8.11. The van der Waals surface area contributed by atoms with Crippen molar-refractivity contribution in [2.24, 2.45) is 5.92 Å². The van der Waals surface area contributed by atoms with Gasteiger partial charge < -0.3 is 20.1 Å². The molecule has 2 N–H and O–H groups in total. The lowest BCUT2D eigenvalue weighted by molar-refractivity contribution is 0.0941. The molecule has 1 aliphatic heterocycles. The van der Waals surface area contributed by atoms with Crippen LogP contribution in [0.2, 0.25) is 5.02 Å². The van der Waals surface area contributed by atoms with Crippen LogP contribution in [0, 0.1) is 5.92 Å². The third-order valence-corrected chi connectivity index (χ3v) is 3.72. The van der Waals surface area contributed by atoms with Gasteiger partial charge in [-0.15, -0.1) is 0 Å². The Morgan fingerprint density at radius 1 is 1.36 bits per heavy atom. The second kappa shape index (κ2) is 8.25. The van der Waals surface area contributed by atoms with Crippen molar-refractivity contribution in [3.05, 3.63) is 22.7 Å². The molecule has 0 spiro atoms. The quantitative estimate of drug-likeness (QED) is 0.770. The minimum atomic E-state index is -0.142. The molecule has 0 saturated carbocycles. The minimum absolute atomic E-state index is 0.142. The number of hydrogen-bond donors (Lipinski definition) is 2. The number of rotatable bonds is 8. The maximum Gasteiger partial charge on any atom is 0.251 e. The van der Waals surface area contributed by atoms with E-state index < -0.39 is 0 Å². The predicted molar refractivity (Wildman–Crippen MR) is 87.1 cm³/mol. The van der Waals surface area contributed by atoms with Gasteiger partial charge in [-0.05, 0) is 25.5 Å². The van der Waals surface area contributed by atoms with Gasteiger partial charge in [0.15, 0.2) is 11.5 Å². The van der Waals surface area contributed by atoms with Gasteiger partial charge in [0.25, 0.3) is 5.91 Å². The fourth-order valence-electron chi connectivity index (χ4n) is 2.14. The fourth-order valence-corrected chi connectivity index (χ4v) is 2.40. The lowest BCUT2D eigenvalue weighted by atomic mass is 10.0. The summed E-state index contributed by atoms with van der Waals surface area (Å²) in [5.74, 6) is 1.39. The molecule has 0 atom stereocenters. The molecule has 5 nitrogen and oxygen atoms in total. The van der Waals surface area contributed by atoms with E-state index in [1.165, 1.54) is 0 Å². The van der Waals surface area contributed by atoms with Crippen molar-refractivity contribution in [3.8, 4) is 11.5 Å². The van der Waals surface area contributed by atoms with Gasteiger partial charge in [0.05, 0.1) is 18.2 Å². The molecule has 0 unspecified atom stereocenters. The van der Waals surface area contributed by atoms with Crippen LogP contribution in [0.25, 0.3) is 0 Å². The molecule has 1 aliphatic rings. The molecule has 0 aromatic heterocycles. The summed E-state index contributed by atoms with van der Waals surface area (Å²) in [4.78, 5) is 12.2. The smallest absolute Gasteiger partial charge is 0.251 e. The highest BCUT2D eigenvalue weighted by Gasteiger charge is 2.19. The van der Waals surface area contributed by atoms with Crippen molar-refractivity contribution in [3.63, 3.8) is 0 Å². The number of halogens is 1. The van der Waals surface area contributed by atoms with Gasteiger partial charge in [-0.1, -0.05) is 18.5 Å². The Kier molecular flexibility index (Phi) is 6.34. The van der Waals surface area contributed by atoms with Crippen LogP contribution >= 0.6 is 11.6 Å². The molecule has 6 heteroatoms. The summed E-state index contributed by atoms with van der Waals surface area (Å²) in [5.41, 5.74) is 0.490. The SMILES string of the molecule is CCCOc1c(Cl)cc(C(=O)NCC2CNC2)cc1OCC. The standard InChI is InChI=1S/C16H23ClN2O3/c1-3-5-22-15-13(17)6-12(7-14(15)21-4-2)16(20)19-10-11-8-18-9-11/h6-7,11,18H,3-5,8-10H2,1-2H3,(H,19,20). The molecular formula is C16H23ClN2O3. The first-order valence-electron chi connectivity index (χ1n) is 7.73. The molecule has 1 fully saturated rings. The molecule has 122 valence electrons. The Morgan fingerprint density at radius 3 is 2.73 bits per heavy atom. The number of hydrogen-bond acceptors (Lipinski definition) is 4. The minimum Gasteiger partial charge on any atom is -0.490 e. The van der Waals surface area contributed by atoms with E-state index in [1.54, 1.807) is 12.1 Å². The highest BCUT2D eigenvalue weighted by atomic mass is 35.5. The average Bonchev–Trinajstić information content (AvgIpc) is 2.44. The molecule has 2 rings (SSSR count). The van der Waals surface area contributed by atoms with Gasteiger partial charge in [-0.25, -0.2) is 0 Å². The Bertz CT molecular complexity index is 518. The number of ether oxygens (including phenoxy) is 2. The van der Waals surface area contributed by atoms with Crippen LogP contribution in [0.4, 0.5) is 0 Å². The summed E-state index contributed by atoms with van der Waals surface area (Å²) >= 11 is 6.26. The fraction of sp³-hybridized carbons (Fsp3) is 0.562. The molecule has 22 heavy (non-hydrogen) atoms. The molecule has 0 radical (unpaired) electrons. The van der Waals surface area contributed by atoms with Crippen LogP contribution in [0.1, 0.15) is 30.6 Å². The monoisotopic (exact) mass is 326 g/mol. The summed E-state index contributed by atoms with van der Waals surface area (Å²) in [6.45, 7) is 7.52. The summed E-state index contributed by atoms with van der Waals surface area (Å²) in [6, 6.07) is 3.32. The summed E-state index contributed by atoms with van der Waals surface area (Å²) in [7, 11) is 0. The Balaban J connectivity index is 2.11. The summed E-state index contributed by atoms with van der Waals surface area (Å²) in [5, 5.41) is 6.50. The summed E-state index contributed by atoms with van der Waals surface area (Å²) < 4.78 is 11.2. The van der Waals surface area contributed by atoms with Crippen molar-refractivity contribution in [1.82, 2.24) is 10.6 Å². The maximum absolute atomic E-state index is 12.2. The lowest BCUT2D eigenvalue weighted by Crippen LogP contribution is -2.48. The van der Waals surface area contributed by atoms with Gasteiger partial charge in [0.2, 0.25) is 0 Å². The third-order valence-electron chi connectivity index (χ3n) is 3.44. The predicted octanol–water partition coefficient (Wildman–Crippen LogP) is 2.48. The Morgan fingerprint density at radius 2 is 2.14 bits per heavy atom. The largest absolute Gasteiger partial charge is 0.490 e. The average molecular weight is 327 g/mol. The highest BCUT2D eigenvalue weighted by Crippen LogP contribution is 2.36. The van der Waals surface area contributed by atoms with Gasteiger partial charge in [-0.2, -0.15) is 0 Å². The third kappa shape index (κ3) is 4.27. The van der Waals surface area contributed by atoms with E-state index in [9.17, 15) is 4.79 Å². The highest BCUT2D eigenvalue weighted by molar-refractivity contribution is 6.32. The lowest BCUT2D eigenvalue weighted by Gasteiger charge is -2.27. The number of carbonyl (C=O) groups excluding carboxylic acids is 1. The first-order chi connectivity index (χ1) is 10.7. The van der Waals surface area contributed by atoms with E-state index in [0.717, 1.165) is 19.5 Å². The van der Waals surface area contributed by atoms with Gasteiger partial charge in [0.1, 0.15) is 0 Å². The van der Waals surface area contributed by atoms with Crippen LogP contribution in [-0.4, -0.2) is 38.8 Å². The number of benzene rings is 1. The van der Waals surface area contributed by atoms with Gasteiger partial charge in [-0.3, -0.25) is 4.79 Å². The molecule has 1 heterocycles. The summed E-state index contributed by atoms with van der Waals surface area (Å²) in [6.07, 6.45) is 0.875. The van der Waals surface area contributed by atoms with Crippen LogP contribution in [0.15, 0.2) is 12.1 Å². The van der Waals surface area contributed by atoms with Gasteiger partial charge >= 0.3 is 0 Å². The molecule has 0 bridgehead atoms. The molecule has 0 aliphatic carbocycles. The first kappa shape index (κ1) is 16.9. The van der Waals surface area contributed by atoms with Crippen molar-refractivity contribution in [1.29, 1.82) is 0 Å². The van der Waals surface area contributed by atoms with Crippen LogP contribution < -0.4 is 20.1 Å². The van der Waals surface area contributed by atoms with Crippen LogP contribution in [0.5, 0.6) is 11.5 Å². The van der Waals surface area contributed by atoms with Gasteiger partial charge in [0, 0.05) is 31.1 Å². The van der Waals surface area contributed by atoms with E-state index in [0.29, 0.717) is 47.8 Å². The number of nitrogens with one attached hydrogen (secondary N) is 2. The van der Waals surface area contributed by atoms with Crippen molar-refractivity contribution >= 4 is 17.5 Å². The van der Waals surface area contributed by atoms with E-state index in [2.05, 4.69) is 10.6 Å². The van der Waals surface area contributed by atoms with Crippen molar-refractivity contribution in [2.75, 3.05) is 32.8 Å². The Labute approximate surface area is 136 Å². The van der Waals surface area contributed by atoms with E-state index in [-0.39, 0.29) is 5.91 Å². The zero-order valence-electron chi connectivity index (χ0n) is 13.1.